The molecule has 150 valence electrons. The average molecular weight is 411 g/mol. The molecule has 0 fully saturated rings. The molecule has 0 atom stereocenters. The third-order valence-corrected chi connectivity index (χ3v) is 5.82. The van der Waals surface area contributed by atoms with Crippen molar-refractivity contribution in [1.82, 2.24) is 24.9 Å². The summed E-state index contributed by atoms with van der Waals surface area (Å²) >= 11 is 0. The van der Waals surface area contributed by atoms with Crippen molar-refractivity contribution in [3.05, 3.63) is 90.3 Å². The van der Waals surface area contributed by atoms with Crippen LogP contribution in [-0.2, 0) is 0 Å². The Hall–Kier alpha value is -4.51. The van der Waals surface area contributed by atoms with Crippen LogP contribution in [0.25, 0.3) is 67.8 Å². The Bertz CT molecular complexity index is 1610. The number of rotatable bonds is 0. The highest BCUT2D eigenvalue weighted by atomic mass is 14.8. The number of hydrogen-bond donors (Lipinski definition) is 2. The Morgan fingerprint density at radius 3 is 1.88 bits per heavy atom. The van der Waals surface area contributed by atoms with Crippen molar-refractivity contribution >= 4 is 45.1 Å². The van der Waals surface area contributed by atoms with Crippen molar-refractivity contribution in [2.75, 3.05) is 0 Å². The van der Waals surface area contributed by atoms with Crippen LogP contribution >= 0.6 is 0 Å². The van der Waals surface area contributed by atoms with Gasteiger partial charge >= 0.3 is 0 Å². The van der Waals surface area contributed by atoms with Gasteiger partial charge in [-0.1, -0.05) is 18.2 Å². The van der Waals surface area contributed by atoms with Gasteiger partial charge in [0.15, 0.2) is 0 Å². The molecule has 6 heterocycles. The third kappa shape index (κ3) is 2.83. The maximum Gasteiger partial charge on any atom is 0.0988 e. The molecule has 0 saturated heterocycles. The number of para-hydroxylation sites is 1. The molecule has 5 aromatic rings. The zero-order valence-corrected chi connectivity index (χ0v) is 17.0. The van der Waals surface area contributed by atoms with E-state index in [1.54, 1.807) is 0 Å². The van der Waals surface area contributed by atoms with E-state index < -0.39 is 0 Å². The molecule has 0 unspecified atom stereocenters. The molecule has 2 N–H and O–H groups in total. The van der Waals surface area contributed by atoms with Crippen molar-refractivity contribution in [1.29, 1.82) is 0 Å². The second-order valence-electron chi connectivity index (χ2n) is 8.07. The Morgan fingerprint density at radius 2 is 1.16 bits per heavy atom. The van der Waals surface area contributed by atoms with Gasteiger partial charge in [0.1, 0.15) is 0 Å². The van der Waals surface area contributed by atoms with Gasteiger partial charge in [-0.3, -0.25) is 0 Å². The Kier molecular flexibility index (Phi) is 3.49. The van der Waals surface area contributed by atoms with E-state index in [9.17, 15) is 0 Å². The number of nitrogens with zero attached hydrogens (tertiary/aromatic N) is 3. The lowest BCUT2D eigenvalue weighted by Crippen LogP contribution is -1.85. The quantitative estimate of drug-likeness (QED) is 0.305. The van der Waals surface area contributed by atoms with Gasteiger partial charge in [0.2, 0.25) is 0 Å². The van der Waals surface area contributed by atoms with Crippen LogP contribution < -0.4 is 0 Å². The second-order valence-corrected chi connectivity index (χ2v) is 8.07. The predicted octanol–water partition coefficient (Wildman–Crippen LogP) is 6.37. The number of pyridine rings is 1. The fraction of sp³-hybridized carbons (Fsp3) is 0. The van der Waals surface area contributed by atoms with Crippen LogP contribution in [0, 0.1) is 0 Å². The molecule has 0 spiro atoms. The largest absolute Gasteiger partial charge is 0.355 e. The van der Waals surface area contributed by atoms with Crippen LogP contribution in [0.3, 0.4) is 0 Å². The SMILES string of the molecule is C1=Cc2cc3ccc(cc4nc(cc5ccc(cc1n2)[nH]5)-c1cc2ccccc2nc1-4)[nH]3. The molecule has 0 radical (unpaired) electrons. The summed E-state index contributed by atoms with van der Waals surface area (Å²) in [5.41, 5.74) is 10.5. The summed E-state index contributed by atoms with van der Waals surface area (Å²) in [4.78, 5) is 21.5. The van der Waals surface area contributed by atoms with Crippen LogP contribution in [0.5, 0.6) is 0 Å². The molecule has 5 heteroatoms. The fourth-order valence-corrected chi connectivity index (χ4v) is 4.32. The molecule has 0 saturated carbocycles. The maximum atomic E-state index is 4.97. The highest BCUT2D eigenvalue weighted by Gasteiger charge is 2.19. The lowest BCUT2D eigenvalue weighted by atomic mass is 10.1. The van der Waals surface area contributed by atoms with E-state index in [-0.39, 0.29) is 0 Å². The van der Waals surface area contributed by atoms with Crippen LogP contribution in [0.1, 0.15) is 11.4 Å². The van der Waals surface area contributed by atoms with Gasteiger partial charge in [-0.25, -0.2) is 15.0 Å². The van der Waals surface area contributed by atoms with E-state index >= 15 is 0 Å². The zero-order valence-electron chi connectivity index (χ0n) is 17.0. The standard InChI is InChI=1S/C27H17N5/c1-2-4-24-16(3-1)11-23-25-14-21-9-7-19(29-21)12-17-5-6-18(28-17)13-20-8-10-22(30-20)15-26(31-25)27(23)32-24/h1-15,29-30H. The second kappa shape index (κ2) is 6.49. The maximum absolute atomic E-state index is 4.97. The highest BCUT2D eigenvalue weighted by molar-refractivity contribution is 5.93. The van der Waals surface area contributed by atoms with Crippen molar-refractivity contribution < 1.29 is 0 Å². The molecular weight excluding hydrogens is 394 g/mol. The Labute approximate surface area is 183 Å². The number of aromatic amines is 2. The molecule has 2 aliphatic rings. The number of aromatic nitrogens is 5. The minimum Gasteiger partial charge on any atom is -0.355 e. The van der Waals surface area contributed by atoms with Crippen molar-refractivity contribution in [2.45, 2.75) is 0 Å². The average Bonchev–Trinajstić information content (AvgIpc) is 3.58. The molecule has 0 amide bonds. The lowest BCUT2D eigenvalue weighted by Gasteiger charge is -2.02. The molecule has 32 heavy (non-hydrogen) atoms. The number of nitrogens with one attached hydrogen (secondary N) is 2. The molecule has 7 rings (SSSR count). The van der Waals surface area contributed by atoms with Crippen LogP contribution in [0.2, 0.25) is 0 Å². The first-order valence-electron chi connectivity index (χ1n) is 10.5. The molecule has 5 nitrogen and oxygen atoms in total. The van der Waals surface area contributed by atoms with Crippen molar-refractivity contribution in [2.24, 2.45) is 0 Å². The van der Waals surface area contributed by atoms with E-state index in [1.165, 1.54) is 0 Å². The van der Waals surface area contributed by atoms with Gasteiger partial charge in [-0.05, 0) is 72.8 Å². The summed E-state index contributed by atoms with van der Waals surface area (Å²) in [7, 11) is 0. The Balaban J connectivity index is 1.59. The van der Waals surface area contributed by atoms with Gasteiger partial charge in [0, 0.05) is 33.0 Å². The molecule has 0 aliphatic carbocycles. The highest BCUT2D eigenvalue weighted by Crippen LogP contribution is 2.36. The number of hydrogen-bond acceptors (Lipinski definition) is 3. The van der Waals surface area contributed by atoms with Gasteiger partial charge in [-0.2, -0.15) is 0 Å². The van der Waals surface area contributed by atoms with Crippen molar-refractivity contribution in [3.63, 3.8) is 0 Å². The molecule has 1 aromatic carbocycles. The van der Waals surface area contributed by atoms with Crippen LogP contribution in [0.4, 0.5) is 0 Å². The molecular formula is C27H17N5. The van der Waals surface area contributed by atoms with E-state index in [1.807, 2.05) is 42.5 Å². The predicted molar refractivity (Wildman–Crippen MR) is 130 cm³/mol. The van der Waals surface area contributed by atoms with Gasteiger partial charge < -0.3 is 9.97 Å². The first-order chi connectivity index (χ1) is 15.8. The van der Waals surface area contributed by atoms with Gasteiger partial charge in [0.05, 0.1) is 34.0 Å². The smallest absolute Gasteiger partial charge is 0.0988 e. The summed E-state index contributed by atoms with van der Waals surface area (Å²) in [5, 5.41) is 1.11. The molecule has 8 bridgehead atoms. The monoisotopic (exact) mass is 411 g/mol. The normalized spacial score (nSPS) is 12.2. The van der Waals surface area contributed by atoms with Crippen LogP contribution in [-0.4, -0.2) is 24.9 Å². The summed E-state index contributed by atoms with van der Waals surface area (Å²) in [5.74, 6) is 0. The number of fused-ring (bicyclic) bond motifs is 12. The van der Waals surface area contributed by atoms with E-state index in [0.717, 1.165) is 67.0 Å². The number of H-pyrrole nitrogens is 2. The zero-order chi connectivity index (χ0) is 21.1. The van der Waals surface area contributed by atoms with Gasteiger partial charge in [-0.15, -0.1) is 0 Å². The molecule has 2 aliphatic heterocycles. The summed E-state index contributed by atoms with van der Waals surface area (Å²) in [6.45, 7) is 0. The first kappa shape index (κ1) is 17.2. The summed E-state index contributed by atoms with van der Waals surface area (Å²) in [6.07, 6.45) is 4.05. The van der Waals surface area contributed by atoms with E-state index in [2.05, 4.69) is 58.5 Å². The summed E-state index contributed by atoms with van der Waals surface area (Å²) in [6, 6.07) is 26.8. The van der Waals surface area contributed by atoms with E-state index in [0.29, 0.717) is 0 Å². The Morgan fingerprint density at radius 1 is 0.531 bits per heavy atom. The van der Waals surface area contributed by atoms with Gasteiger partial charge in [0.25, 0.3) is 0 Å². The number of benzene rings is 1. The summed E-state index contributed by atoms with van der Waals surface area (Å²) < 4.78 is 0. The fourth-order valence-electron chi connectivity index (χ4n) is 4.32. The van der Waals surface area contributed by atoms with Crippen LogP contribution in [0.15, 0.2) is 78.9 Å². The lowest BCUT2D eigenvalue weighted by molar-refractivity contribution is 1.32. The van der Waals surface area contributed by atoms with E-state index in [4.69, 9.17) is 15.0 Å². The third-order valence-electron chi connectivity index (χ3n) is 5.82. The molecule has 4 aromatic heterocycles. The first-order valence-corrected chi connectivity index (χ1v) is 10.5. The topological polar surface area (TPSA) is 70.2 Å². The minimum absolute atomic E-state index is 0.851. The minimum atomic E-state index is 0.851. The van der Waals surface area contributed by atoms with Crippen molar-refractivity contribution in [3.8, 4) is 22.6 Å².